The van der Waals surface area contributed by atoms with E-state index in [4.69, 9.17) is 16.7 Å². The third-order valence-corrected chi connectivity index (χ3v) is 5.42. The van der Waals surface area contributed by atoms with Crippen molar-refractivity contribution in [3.05, 3.63) is 56.6 Å². The zero-order valence-electron chi connectivity index (χ0n) is 12.9. The summed E-state index contributed by atoms with van der Waals surface area (Å²) < 4.78 is 0. The summed E-state index contributed by atoms with van der Waals surface area (Å²) in [5.74, 6) is -1.23. The Labute approximate surface area is 157 Å². The number of amides is 1. The van der Waals surface area contributed by atoms with E-state index in [-0.39, 0.29) is 18.9 Å². The molecular formula is C17H13ClN2O3S2. The molecule has 1 aliphatic rings. The number of anilines is 1. The van der Waals surface area contributed by atoms with E-state index in [9.17, 15) is 9.59 Å². The molecule has 0 saturated heterocycles. The molecule has 25 heavy (non-hydrogen) atoms. The van der Waals surface area contributed by atoms with Crippen molar-refractivity contribution in [1.82, 2.24) is 0 Å². The summed E-state index contributed by atoms with van der Waals surface area (Å²) in [5.41, 5.74) is 0.738. The summed E-state index contributed by atoms with van der Waals surface area (Å²) in [4.78, 5) is 30.5. The van der Waals surface area contributed by atoms with Crippen LogP contribution < -0.4 is 4.90 Å². The number of amidine groups is 1. The summed E-state index contributed by atoms with van der Waals surface area (Å²) >= 11 is 8.70. The van der Waals surface area contributed by atoms with Crippen LogP contribution in [0.5, 0.6) is 0 Å². The molecule has 5 nitrogen and oxygen atoms in total. The van der Waals surface area contributed by atoms with Crippen LogP contribution in [0.4, 0.5) is 5.69 Å². The van der Waals surface area contributed by atoms with Gasteiger partial charge in [0.15, 0.2) is 5.17 Å². The van der Waals surface area contributed by atoms with Crippen molar-refractivity contribution in [3.63, 3.8) is 0 Å². The fourth-order valence-corrected chi connectivity index (χ4v) is 3.99. The Kier molecular flexibility index (Phi) is 5.57. The molecular weight excluding hydrogens is 380 g/mol. The molecule has 0 spiro atoms. The highest BCUT2D eigenvalue weighted by atomic mass is 35.5. The molecule has 3 rings (SSSR count). The zero-order chi connectivity index (χ0) is 17.8. The number of hydrogen-bond donors (Lipinski definition) is 1. The number of aliphatic carboxylic acids is 1. The van der Waals surface area contributed by atoms with E-state index in [2.05, 4.69) is 4.99 Å². The molecule has 2 aromatic rings. The van der Waals surface area contributed by atoms with E-state index in [1.807, 2.05) is 17.5 Å². The molecule has 0 bridgehead atoms. The summed E-state index contributed by atoms with van der Waals surface area (Å²) in [5, 5.41) is 12.0. The summed E-state index contributed by atoms with van der Waals surface area (Å²) in [6, 6.07) is 10.8. The van der Waals surface area contributed by atoms with Crippen LogP contribution >= 0.6 is 34.7 Å². The largest absolute Gasteiger partial charge is 0.481 e. The number of carbonyl (C=O) groups excluding carboxylic acids is 1. The van der Waals surface area contributed by atoms with Crippen LogP contribution in [0.2, 0.25) is 5.02 Å². The minimum atomic E-state index is -0.914. The molecule has 1 N–H and O–H groups in total. The fourth-order valence-electron chi connectivity index (χ4n) is 2.18. The monoisotopic (exact) mass is 392 g/mol. The molecule has 2 heterocycles. The average Bonchev–Trinajstić information content (AvgIpc) is 3.20. The number of thiophene rings is 1. The third-order valence-electron chi connectivity index (χ3n) is 3.34. The average molecular weight is 393 g/mol. The third kappa shape index (κ3) is 4.50. The number of carboxylic acids is 1. The maximum atomic E-state index is 12.2. The number of carboxylic acid groups (broad SMARTS) is 1. The smallest absolute Gasteiger partial charge is 0.305 e. The lowest BCUT2D eigenvalue weighted by atomic mass is 10.3. The van der Waals surface area contributed by atoms with Crippen LogP contribution in [0.3, 0.4) is 0 Å². The van der Waals surface area contributed by atoms with Crippen LogP contribution in [0.1, 0.15) is 11.3 Å². The highest BCUT2D eigenvalue weighted by Crippen LogP contribution is 2.33. The van der Waals surface area contributed by atoms with Gasteiger partial charge in [-0.25, -0.2) is 0 Å². The minimum absolute atomic E-state index is 0.0691. The van der Waals surface area contributed by atoms with Crippen molar-refractivity contribution in [2.24, 2.45) is 4.99 Å². The molecule has 0 radical (unpaired) electrons. The Hall–Kier alpha value is -2.09. The van der Waals surface area contributed by atoms with Crippen LogP contribution in [0, 0.1) is 0 Å². The van der Waals surface area contributed by atoms with Gasteiger partial charge in [0.05, 0.1) is 11.3 Å². The number of carbonyl (C=O) groups is 2. The summed E-state index contributed by atoms with van der Waals surface area (Å²) in [6.45, 7) is 0.211. The van der Waals surface area contributed by atoms with Gasteiger partial charge in [0.2, 0.25) is 0 Å². The molecule has 1 aliphatic heterocycles. The Balaban J connectivity index is 1.85. The van der Waals surface area contributed by atoms with Gasteiger partial charge in [-0.05, 0) is 53.5 Å². The second-order valence-electron chi connectivity index (χ2n) is 5.10. The Morgan fingerprint density at radius 1 is 1.28 bits per heavy atom. The molecule has 0 saturated carbocycles. The summed E-state index contributed by atoms with van der Waals surface area (Å²) in [6.07, 6.45) is 1.73. The first-order valence-corrected chi connectivity index (χ1v) is 9.41. The first-order chi connectivity index (χ1) is 12.0. The highest BCUT2D eigenvalue weighted by Gasteiger charge is 2.27. The number of halogens is 1. The first kappa shape index (κ1) is 17.7. The van der Waals surface area contributed by atoms with Crippen LogP contribution in [-0.4, -0.2) is 28.7 Å². The number of benzene rings is 1. The highest BCUT2D eigenvalue weighted by molar-refractivity contribution is 8.18. The Morgan fingerprint density at radius 3 is 2.68 bits per heavy atom. The lowest BCUT2D eigenvalue weighted by molar-refractivity contribution is -0.136. The van der Waals surface area contributed by atoms with E-state index < -0.39 is 5.97 Å². The van der Waals surface area contributed by atoms with E-state index in [1.165, 1.54) is 23.1 Å². The number of nitrogens with zero attached hydrogens (tertiary/aromatic N) is 2. The van der Waals surface area contributed by atoms with Crippen molar-refractivity contribution < 1.29 is 14.7 Å². The van der Waals surface area contributed by atoms with Gasteiger partial charge >= 0.3 is 5.97 Å². The quantitative estimate of drug-likeness (QED) is 0.766. The second-order valence-corrected chi connectivity index (χ2v) is 7.52. The molecule has 1 amide bonds. The molecule has 1 aromatic heterocycles. The van der Waals surface area contributed by atoms with Crippen molar-refractivity contribution in [2.45, 2.75) is 6.42 Å². The van der Waals surface area contributed by atoms with E-state index in [0.717, 1.165) is 10.6 Å². The van der Waals surface area contributed by atoms with Gasteiger partial charge in [-0.15, -0.1) is 11.3 Å². The standard InChI is InChI=1S/C17H13ClN2O3S2/c18-11-3-5-12(6-4-11)20(8-7-15(21)22)17-19-16(23)14(25-17)10-13-2-1-9-24-13/h1-6,9-10H,7-8H2,(H,21,22). The topological polar surface area (TPSA) is 70.0 Å². The molecule has 0 unspecified atom stereocenters. The SMILES string of the molecule is O=C(O)CCN(C1=NC(=O)C(=Cc2cccs2)S1)c1ccc(Cl)cc1. The van der Waals surface area contributed by atoms with Crippen LogP contribution in [0.25, 0.3) is 6.08 Å². The van der Waals surface area contributed by atoms with E-state index in [0.29, 0.717) is 15.1 Å². The number of hydrogen-bond acceptors (Lipinski definition) is 5. The Morgan fingerprint density at radius 2 is 2.04 bits per heavy atom. The molecule has 0 fully saturated rings. The van der Waals surface area contributed by atoms with Gasteiger partial charge in [0, 0.05) is 22.1 Å². The van der Waals surface area contributed by atoms with Gasteiger partial charge in [-0.3, -0.25) is 9.59 Å². The van der Waals surface area contributed by atoms with Crippen LogP contribution in [-0.2, 0) is 9.59 Å². The number of thioether (sulfide) groups is 1. The molecule has 0 atom stereocenters. The van der Waals surface area contributed by atoms with Gasteiger partial charge in [0.25, 0.3) is 5.91 Å². The van der Waals surface area contributed by atoms with Gasteiger partial charge in [-0.2, -0.15) is 4.99 Å². The zero-order valence-corrected chi connectivity index (χ0v) is 15.3. The van der Waals surface area contributed by atoms with Crippen molar-refractivity contribution in [3.8, 4) is 0 Å². The maximum Gasteiger partial charge on any atom is 0.305 e. The van der Waals surface area contributed by atoms with Gasteiger partial charge in [0.1, 0.15) is 0 Å². The van der Waals surface area contributed by atoms with Gasteiger partial charge < -0.3 is 10.0 Å². The Bertz CT molecular complexity index is 845. The summed E-state index contributed by atoms with van der Waals surface area (Å²) in [7, 11) is 0. The lowest BCUT2D eigenvalue weighted by Crippen LogP contribution is -2.30. The molecule has 128 valence electrons. The van der Waals surface area contributed by atoms with Gasteiger partial charge in [-0.1, -0.05) is 17.7 Å². The van der Waals surface area contributed by atoms with Crippen LogP contribution in [0.15, 0.2) is 51.7 Å². The predicted molar refractivity (Wildman–Crippen MR) is 103 cm³/mol. The normalized spacial score (nSPS) is 15.5. The molecule has 0 aliphatic carbocycles. The van der Waals surface area contributed by atoms with E-state index in [1.54, 1.807) is 35.2 Å². The lowest BCUT2D eigenvalue weighted by Gasteiger charge is -2.22. The van der Waals surface area contributed by atoms with Crippen molar-refractivity contribution in [2.75, 3.05) is 11.4 Å². The molecule has 1 aromatic carbocycles. The second kappa shape index (κ2) is 7.86. The molecule has 8 heteroatoms. The van der Waals surface area contributed by atoms with E-state index >= 15 is 0 Å². The number of aliphatic imine (C=N–C) groups is 1. The fraction of sp³-hybridized carbons (Fsp3) is 0.118. The first-order valence-electron chi connectivity index (χ1n) is 7.34. The predicted octanol–water partition coefficient (Wildman–Crippen LogP) is 4.35. The van der Waals surface area contributed by atoms with Crippen molar-refractivity contribution in [1.29, 1.82) is 0 Å². The van der Waals surface area contributed by atoms with Crippen molar-refractivity contribution >= 4 is 63.5 Å². The minimum Gasteiger partial charge on any atom is -0.481 e. The number of rotatable bonds is 5. The maximum absolute atomic E-state index is 12.2.